The Balaban J connectivity index is 2.09. The van der Waals surface area contributed by atoms with E-state index in [9.17, 15) is 19.1 Å². The Bertz CT molecular complexity index is 865. The first-order chi connectivity index (χ1) is 13.0. The molecule has 1 saturated heterocycles. The van der Waals surface area contributed by atoms with E-state index in [1.165, 1.54) is 29.2 Å². The molecule has 0 saturated carbocycles. The van der Waals surface area contributed by atoms with Gasteiger partial charge < -0.3 is 14.7 Å². The van der Waals surface area contributed by atoms with Crippen LogP contribution in [0.5, 0.6) is 0 Å². The number of benzene rings is 1. The van der Waals surface area contributed by atoms with Crippen LogP contribution >= 0.6 is 0 Å². The van der Waals surface area contributed by atoms with Gasteiger partial charge in [0.2, 0.25) is 0 Å². The summed E-state index contributed by atoms with van der Waals surface area (Å²) in [5, 5.41) is 10.7. The van der Waals surface area contributed by atoms with Crippen LogP contribution in [0.4, 0.5) is 4.39 Å². The number of carbonyl (C=O) groups excluding carboxylic acids is 2. The largest absolute Gasteiger partial charge is 0.507 e. The molecule has 7 heteroatoms. The van der Waals surface area contributed by atoms with Crippen LogP contribution in [-0.4, -0.2) is 46.9 Å². The number of amides is 1. The van der Waals surface area contributed by atoms with Crippen molar-refractivity contribution in [2.45, 2.75) is 12.5 Å². The van der Waals surface area contributed by atoms with Crippen molar-refractivity contribution in [3.63, 3.8) is 0 Å². The first kappa shape index (κ1) is 18.7. The number of likely N-dealkylation sites (tertiary alicyclic amines) is 1. The molecule has 1 atom stereocenters. The summed E-state index contributed by atoms with van der Waals surface area (Å²) in [5.74, 6) is -2.24. The van der Waals surface area contributed by atoms with Crippen LogP contribution in [0.25, 0.3) is 5.76 Å². The Morgan fingerprint density at radius 2 is 1.85 bits per heavy atom. The van der Waals surface area contributed by atoms with Gasteiger partial charge in [-0.1, -0.05) is 0 Å². The van der Waals surface area contributed by atoms with Gasteiger partial charge in [0.1, 0.15) is 11.6 Å². The van der Waals surface area contributed by atoms with Crippen LogP contribution in [-0.2, 0) is 14.3 Å². The molecular formula is C20H19FN2O4. The Morgan fingerprint density at radius 1 is 1.19 bits per heavy atom. The molecule has 3 rings (SSSR count). The first-order valence-electron chi connectivity index (χ1n) is 8.47. The first-order valence-corrected chi connectivity index (χ1v) is 8.47. The Kier molecular flexibility index (Phi) is 5.61. The predicted octanol–water partition coefficient (Wildman–Crippen LogP) is 2.68. The number of halogens is 1. The third kappa shape index (κ3) is 3.73. The average molecular weight is 370 g/mol. The maximum Gasteiger partial charge on any atom is 0.295 e. The highest BCUT2D eigenvalue weighted by atomic mass is 19.1. The molecule has 1 fully saturated rings. The van der Waals surface area contributed by atoms with Crippen molar-refractivity contribution < 1.29 is 23.8 Å². The smallest absolute Gasteiger partial charge is 0.295 e. The summed E-state index contributed by atoms with van der Waals surface area (Å²) in [6, 6.07) is 7.75. The van der Waals surface area contributed by atoms with E-state index in [2.05, 4.69) is 4.98 Å². The van der Waals surface area contributed by atoms with E-state index < -0.39 is 23.5 Å². The molecule has 1 amide bonds. The van der Waals surface area contributed by atoms with Gasteiger partial charge in [0.05, 0.1) is 11.6 Å². The van der Waals surface area contributed by atoms with Crippen molar-refractivity contribution in [3.8, 4) is 0 Å². The second-order valence-corrected chi connectivity index (χ2v) is 6.13. The molecule has 0 spiro atoms. The number of ether oxygens (including phenoxy) is 1. The molecule has 1 aliphatic heterocycles. The number of hydrogen-bond donors (Lipinski definition) is 1. The maximum absolute atomic E-state index is 13.2. The highest BCUT2D eigenvalue weighted by Gasteiger charge is 2.45. The molecule has 1 N–H and O–H groups in total. The van der Waals surface area contributed by atoms with Crippen molar-refractivity contribution in [1.82, 2.24) is 9.88 Å². The van der Waals surface area contributed by atoms with Gasteiger partial charge in [0.25, 0.3) is 11.7 Å². The van der Waals surface area contributed by atoms with E-state index in [-0.39, 0.29) is 16.9 Å². The molecule has 0 aliphatic carbocycles. The molecule has 1 aromatic carbocycles. The van der Waals surface area contributed by atoms with Gasteiger partial charge in [-0.25, -0.2) is 4.39 Å². The van der Waals surface area contributed by atoms with E-state index >= 15 is 0 Å². The number of aromatic nitrogens is 1. The lowest BCUT2D eigenvalue weighted by Crippen LogP contribution is -2.31. The number of ketones is 1. The Labute approximate surface area is 155 Å². The van der Waals surface area contributed by atoms with Crippen LogP contribution in [0, 0.1) is 5.82 Å². The minimum Gasteiger partial charge on any atom is -0.507 e. The normalized spacial score (nSPS) is 18.9. The van der Waals surface area contributed by atoms with Crippen LogP contribution in [0.2, 0.25) is 0 Å². The lowest BCUT2D eigenvalue weighted by Gasteiger charge is -2.25. The van der Waals surface area contributed by atoms with Gasteiger partial charge in [-0.2, -0.15) is 0 Å². The minimum absolute atomic E-state index is 0.0183. The van der Waals surface area contributed by atoms with Gasteiger partial charge in [-0.05, 0) is 48.4 Å². The SMILES string of the molecule is COCCCN1C(=O)C(=O)/C(=C(\O)c2ccc(F)cc2)C1c1ccncc1. The van der Waals surface area contributed by atoms with E-state index in [0.29, 0.717) is 25.1 Å². The summed E-state index contributed by atoms with van der Waals surface area (Å²) in [5.41, 5.74) is 0.908. The number of methoxy groups -OCH3 is 1. The van der Waals surface area contributed by atoms with Gasteiger partial charge in [0.15, 0.2) is 0 Å². The lowest BCUT2D eigenvalue weighted by molar-refractivity contribution is -0.140. The fraction of sp³-hybridized carbons (Fsp3) is 0.250. The lowest BCUT2D eigenvalue weighted by atomic mass is 9.96. The van der Waals surface area contributed by atoms with Crippen molar-refractivity contribution in [2.75, 3.05) is 20.3 Å². The fourth-order valence-corrected chi connectivity index (χ4v) is 3.15. The van der Waals surface area contributed by atoms with Gasteiger partial charge in [0, 0.05) is 38.2 Å². The van der Waals surface area contributed by atoms with E-state index in [0.717, 1.165) is 0 Å². The molecular weight excluding hydrogens is 351 g/mol. The summed E-state index contributed by atoms with van der Waals surface area (Å²) in [4.78, 5) is 30.7. The zero-order chi connectivity index (χ0) is 19.4. The number of aliphatic hydroxyl groups is 1. The number of nitrogens with zero attached hydrogens (tertiary/aromatic N) is 2. The maximum atomic E-state index is 13.2. The monoisotopic (exact) mass is 370 g/mol. The highest BCUT2D eigenvalue weighted by Crippen LogP contribution is 2.39. The summed E-state index contributed by atoms with van der Waals surface area (Å²) in [6.07, 6.45) is 3.66. The van der Waals surface area contributed by atoms with Crippen LogP contribution in [0.3, 0.4) is 0 Å². The molecule has 6 nitrogen and oxygen atoms in total. The molecule has 140 valence electrons. The summed E-state index contributed by atoms with van der Waals surface area (Å²) < 4.78 is 18.2. The molecule has 0 radical (unpaired) electrons. The summed E-state index contributed by atoms with van der Waals surface area (Å²) in [7, 11) is 1.56. The number of carbonyl (C=O) groups is 2. The number of pyridine rings is 1. The standard InChI is InChI=1S/C20H19FN2O4/c1-27-12-2-11-23-17(13-7-9-22-10-8-13)16(19(25)20(23)26)18(24)14-3-5-15(21)6-4-14/h3-10,17,24H,2,11-12H2,1H3/b18-16-. The molecule has 1 unspecified atom stereocenters. The highest BCUT2D eigenvalue weighted by molar-refractivity contribution is 6.46. The number of hydrogen-bond acceptors (Lipinski definition) is 5. The Morgan fingerprint density at radius 3 is 2.48 bits per heavy atom. The molecule has 1 aromatic heterocycles. The average Bonchev–Trinajstić information content (AvgIpc) is 2.94. The van der Waals surface area contributed by atoms with Crippen molar-refractivity contribution in [1.29, 1.82) is 0 Å². The van der Waals surface area contributed by atoms with Crippen LogP contribution < -0.4 is 0 Å². The fourth-order valence-electron chi connectivity index (χ4n) is 3.15. The summed E-state index contributed by atoms with van der Waals surface area (Å²) in [6.45, 7) is 0.732. The van der Waals surface area contributed by atoms with Gasteiger partial charge >= 0.3 is 0 Å². The van der Waals surface area contributed by atoms with Gasteiger partial charge in [-0.3, -0.25) is 14.6 Å². The number of rotatable bonds is 6. The molecule has 2 aromatic rings. The molecule has 2 heterocycles. The zero-order valence-corrected chi connectivity index (χ0v) is 14.8. The van der Waals surface area contributed by atoms with Gasteiger partial charge in [-0.15, -0.1) is 0 Å². The third-order valence-electron chi connectivity index (χ3n) is 4.43. The van der Waals surface area contributed by atoms with Crippen molar-refractivity contribution in [2.24, 2.45) is 0 Å². The van der Waals surface area contributed by atoms with Crippen molar-refractivity contribution >= 4 is 17.4 Å². The second-order valence-electron chi connectivity index (χ2n) is 6.13. The second kappa shape index (κ2) is 8.09. The van der Waals surface area contributed by atoms with E-state index in [1.807, 2.05) is 0 Å². The van der Waals surface area contributed by atoms with E-state index in [4.69, 9.17) is 4.74 Å². The molecule has 27 heavy (non-hydrogen) atoms. The minimum atomic E-state index is -0.768. The van der Waals surface area contributed by atoms with E-state index in [1.54, 1.807) is 31.6 Å². The summed E-state index contributed by atoms with van der Waals surface area (Å²) >= 11 is 0. The Hall–Kier alpha value is -3.06. The van der Waals surface area contributed by atoms with Crippen molar-refractivity contribution in [3.05, 3.63) is 71.3 Å². The topological polar surface area (TPSA) is 79.7 Å². The number of Topliss-reactive ketones (excluding diaryl/α,β-unsaturated/α-hetero) is 1. The third-order valence-corrected chi connectivity index (χ3v) is 4.43. The van der Waals surface area contributed by atoms with Crippen LogP contribution in [0.15, 0.2) is 54.4 Å². The zero-order valence-electron chi connectivity index (χ0n) is 14.8. The van der Waals surface area contributed by atoms with Crippen LogP contribution in [0.1, 0.15) is 23.6 Å². The predicted molar refractivity (Wildman–Crippen MR) is 96.1 cm³/mol. The molecule has 1 aliphatic rings. The quantitative estimate of drug-likeness (QED) is 0.366. The number of aliphatic hydroxyl groups excluding tert-OH is 1. The molecule has 0 bridgehead atoms.